The first-order chi connectivity index (χ1) is 12.5. The van der Waals surface area contributed by atoms with E-state index in [9.17, 15) is 14.4 Å². The molecule has 0 unspecified atom stereocenters. The maximum atomic E-state index is 12.6. The summed E-state index contributed by atoms with van der Waals surface area (Å²) in [6, 6.07) is 1.27. The van der Waals surface area contributed by atoms with E-state index in [2.05, 4.69) is 15.3 Å². The monoisotopic (exact) mass is 359 g/mol. The second-order valence-corrected chi connectivity index (χ2v) is 7.85. The van der Waals surface area contributed by atoms with Gasteiger partial charge in [0.05, 0.1) is 18.2 Å². The van der Waals surface area contributed by atoms with Gasteiger partial charge in [-0.15, -0.1) is 0 Å². The summed E-state index contributed by atoms with van der Waals surface area (Å²) in [6.45, 7) is 1.34. The molecule has 2 atom stereocenters. The number of carbonyl (C=O) groups is 2. The van der Waals surface area contributed by atoms with Crippen molar-refractivity contribution >= 4 is 17.8 Å². The molecule has 1 saturated heterocycles. The number of aromatic nitrogens is 2. The molecule has 2 saturated carbocycles. The minimum atomic E-state index is -0.366. The first kappa shape index (κ1) is 17.1. The lowest BCUT2D eigenvalue weighted by Crippen LogP contribution is -2.43. The van der Waals surface area contributed by atoms with E-state index in [1.165, 1.54) is 18.9 Å². The number of amides is 2. The third-order valence-electron chi connectivity index (χ3n) is 5.86. The third kappa shape index (κ3) is 3.59. The Kier molecular flexibility index (Phi) is 4.42. The fourth-order valence-corrected chi connectivity index (χ4v) is 4.12. The number of nitrogen functional groups attached to an aromatic ring is 1. The molecule has 140 valence electrons. The molecule has 2 heterocycles. The molecule has 4 N–H and O–H groups in total. The molecule has 8 nitrogen and oxygen atoms in total. The number of aromatic amines is 1. The zero-order chi connectivity index (χ0) is 18.3. The van der Waals surface area contributed by atoms with E-state index >= 15 is 0 Å². The molecule has 1 aromatic heterocycles. The van der Waals surface area contributed by atoms with E-state index in [1.807, 2.05) is 4.90 Å². The maximum Gasteiger partial charge on any atom is 0.252 e. The third-order valence-corrected chi connectivity index (χ3v) is 5.86. The van der Waals surface area contributed by atoms with Crippen molar-refractivity contribution in [3.63, 3.8) is 0 Å². The van der Waals surface area contributed by atoms with Crippen LogP contribution in [0.1, 0.15) is 37.8 Å². The Morgan fingerprint density at radius 3 is 2.65 bits per heavy atom. The van der Waals surface area contributed by atoms with Crippen molar-refractivity contribution in [1.82, 2.24) is 20.2 Å². The van der Waals surface area contributed by atoms with Gasteiger partial charge in [-0.25, -0.2) is 4.98 Å². The van der Waals surface area contributed by atoms with E-state index in [4.69, 9.17) is 5.73 Å². The number of nitrogens with two attached hydrogens (primary N) is 1. The summed E-state index contributed by atoms with van der Waals surface area (Å²) in [5.41, 5.74) is 5.51. The molecule has 0 radical (unpaired) electrons. The Bertz CT molecular complexity index is 768. The van der Waals surface area contributed by atoms with Gasteiger partial charge in [-0.1, -0.05) is 6.42 Å². The second kappa shape index (κ2) is 6.74. The molecule has 1 aromatic rings. The summed E-state index contributed by atoms with van der Waals surface area (Å²) in [7, 11) is 0. The largest absolute Gasteiger partial charge is 0.369 e. The molecule has 1 aliphatic heterocycles. The molecule has 8 heteroatoms. The SMILES string of the molecule is Nc1nc(CC(=O)N[C@@H]2CN(C(=O)C3CCC3)C[C@H]2C2CC2)cc(=O)[nH]1. The van der Waals surface area contributed by atoms with Crippen LogP contribution in [0.3, 0.4) is 0 Å². The highest BCUT2D eigenvalue weighted by molar-refractivity contribution is 5.81. The number of hydrogen-bond acceptors (Lipinski definition) is 5. The number of H-pyrrole nitrogens is 1. The molecule has 2 amide bonds. The fourth-order valence-electron chi connectivity index (χ4n) is 4.12. The van der Waals surface area contributed by atoms with Gasteiger partial charge in [0.15, 0.2) is 0 Å². The minimum Gasteiger partial charge on any atom is -0.369 e. The molecular formula is C18H25N5O3. The number of likely N-dealkylation sites (tertiary alicyclic amines) is 1. The predicted octanol–water partition coefficient (Wildman–Crippen LogP) is 0.0479. The van der Waals surface area contributed by atoms with Gasteiger partial charge < -0.3 is 16.0 Å². The normalized spacial score (nSPS) is 25.8. The fraction of sp³-hybridized carbons (Fsp3) is 0.667. The molecule has 3 aliphatic rings. The average Bonchev–Trinajstić information content (AvgIpc) is 3.25. The summed E-state index contributed by atoms with van der Waals surface area (Å²) in [5.74, 6) is 1.20. The van der Waals surface area contributed by atoms with E-state index < -0.39 is 0 Å². The van der Waals surface area contributed by atoms with Gasteiger partial charge in [0.25, 0.3) is 5.56 Å². The zero-order valence-corrected chi connectivity index (χ0v) is 14.7. The number of hydrogen-bond donors (Lipinski definition) is 3. The van der Waals surface area contributed by atoms with Crippen molar-refractivity contribution in [2.45, 2.75) is 44.6 Å². The number of anilines is 1. The van der Waals surface area contributed by atoms with Crippen molar-refractivity contribution in [2.75, 3.05) is 18.8 Å². The Morgan fingerprint density at radius 1 is 1.27 bits per heavy atom. The molecule has 3 fully saturated rings. The van der Waals surface area contributed by atoms with Crippen molar-refractivity contribution in [3.8, 4) is 0 Å². The zero-order valence-electron chi connectivity index (χ0n) is 14.7. The Hall–Kier alpha value is -2.38. The molecule has 0 spiro atoms. The van der Waals surface area contributed by atoms with Gasteiger partial charge in [0.2, 0.25) is 17.8 Å². The molecule has 26 heavy (non-hydrogen) atoms. The molecule has 4 rings (SSSR count). The summed E-state index contributed by atoms with van der Waals surface area (Å²) in [4.78, 5) is 44.8. The van der Waals surface area contributed by atoms with Crippen LogP contribution in [0.2, 0.25) is 0 Å². The number of nitrogens with one attached hydrogen (secondary N) is 2. The van der Waals surface area contributed by atoms with Crippen LogP contribution in [0.15, 0.2) is 10.9 Å². The number of carbonyl (C=O) groups excluding carboxylic acids is 2. The highest BCUT2D eigenvalue weighted by Crippen LogP contribution is 2.42. The van der Waals surface area contributed by atoms with Crippen molar-refractivity contribution in [3.05, 3.63) is 22.1 Å². The van der Waals surface area contributed by atoms with E-state index in [-0.39, 0.29) is 41.7 Å². The van der Waals surface area contributed by atoms with Gasteiger partial charge in [0.1, 0.15) is 0 Å². The van der Waals surface area contributed by atoms with E-state index in [0.717, 1.165) is 25.8 Å². The lowest BCUT2D eigenvalue weighted by Gasteiger charge is -2.29. The van der Waals surface area contributed by atoms with Gasteiger partial charge in [-0.3, -0.25) is 19.4 Å². The van der Waals surface area contributed by atoms with Crippen LogP contribution in [-0.4, -0.2) is 45.8 Å². The molecule has 0 aromatic carbocycles. The van der Waals surface area contributed by atoms with Crippen LogP contribution in [0.4, 0.5) is 5.95 Å². The van der Waals surface area contributed by atoms with Gasteiger partial charge in [-0.05, 0) is 31.6 Å². The first-order valence-corrected chi connectivity index (χ1v) is 9.43. The predicted molar refractivity (Wildman–Crippen MR) is 95.0 cm³/mol. The number of nitrogens with zero attached hydrogens (tertiary/aromatic N) is 2. The lowest BCUT2D eigenvalue weighted by atomic mass is 9.84. The van der Waals surface area contributed by atoms with Crippen LogP contribution >= 0.6 is 0 Å². The Labute approximate surface area is 151 Å². The summed E-state index contributed by atoms with van der Waals surface area (Å²) >= 11 is 0. The van der Waals surface area contributed by atoms with Gasteiger partial charge in [-0.2, -0.15) is 0 Å². The maximum absolute atomic E-state index is 12.6. The van der Waals surface area contributed by atoms with Crippen LogP contribution in [-0.2, 0) is 16.0 Å². The van der Waals surface area contributed by atoms with Crippen LogP contribution in [0, 0.1) is 17.8 Å². The van der Waals surface area contributed by atoms with Crippen molar-refractivity contribution < 1.29 is 9.59 Å². The Morgan fingerprint density at radius 2 is 2.04 bits per heavy atom. The smallest absolute Gasteiger partial charge is 0.252 e. The average molecular weight is 359 g/mol. The molecule has 2 aliphatic carbocycles. The standard InChI is InChI=1S/C18H25N5O3/c19-18-20-12(7-16(25)22-18)6-15(24)21-14-9-23(8-13(14)10-4-5-10)17(26)11-2-1-3-11/h7,10-11,13-14H,1-6,8-9H2,(H,21,24)(H3,19,20,22,25)/t13-,14+/m0/s1. The Balaban J connectivity index is 1.39. The quantitative estimate of drug-likeness (QED) is 0.686. The first-order valence-electron chi connectivity index (χ1n) is 9.43. The topological polar surface area (TPSA) is 121 Å². The second-order valence-electron chi connectivity index (χ2n) is 7.85. The van der Waals surface area contributed by atoms with E-state index in [1.54, 1.807) is 0 Å². The van der Waals surface area contributed by atoms with E-state index in [0.29, 0.717) is 24.1 Å². The lowest BCUT2D eigenvalue weighted by molar-refractivity contribution is -0.137. The highest BCUT2D eigenvalue weighted by Gasteiger charge is 2.45. The van der Waals surface area contributed by atoms with Crippen LogP contribution in [0.5, 0.6) is 0 Å². The molecule has 0 bridgehead atoms. The van der Waals surface area contributed by atoms with Crippen LogP contribution in [0.25, 0.3) is 0 Å². The molecular weight excluding hydrogens is 334 g/mol. The van der Waals surface area contributed by atoms with Gasteiger partial charge in [0, 0.05) is 31.0 Å². The summed E-state index contributed by atoms with van der Waals surface area (Å²) in [5, 5.41) is 3.07. The number of rotatable bonds is 5. The summed E-state index contributed by atoms with van der Waals surface area (Å²) in [6.07, 6.45) is 5.50. The van der Waals surface area contributed by atoms with Crippen molar-refractivity contribution in [2.24, 2.45) is 17.8 Å². The summed E-state index contributed by atoms with van der Waals surface area (Å²) < 4.78 is 0. The van der Waals surface area contributed by atoms with Crippen molar-refractivity contribution in [1.29, 1.82) is 0 Å². The van der Waals surface area contributed by atoms with Gasteiger partial charge >= 0.3 is 0 Å². The minimum absolute atomic E-state index is 0.00861. The van der Waals surface area contributed by atoms with Crippen LogP contribution < -0.4 is 16.6 Å². The highest BCUT2D eigenvalue weighted by atomic mass is 16.2.